The van der Waals surface area contributed by atoms with E-state index in [0.29, 0.717) is 39.5 Å². The molecule has 236 valence electrons. The van der Waals surface area contributed by atoms with E-state index in [4.69, 9.17) is 23.7 Å². The number of fused-ring (bicyclic) bond motifs is 1. The third-order valence-electron chi connectivity index (χ3n) is 8.05. The van der Waals surface area contributed by atoms with Gasteiger partial charge in [0.1, 0.15) is 23.9 Å². The summed E-state index contributed by atoms with van der Waals surface area (Å²) in [4.78, 5) is 17.3. The lowest BCUT2D eigenvalue weighted by atomic mass is 10.0. The van der Waals surface area contributed by atoms with Crippen molar-refractivity contribution in [3.63, 3.8) is 0 Å². The Bertz CT molecular complexity index is 1330. The van der Waals surface area contributed by atoms with E-state index in [1.807, 2.05) is 53.4 Å². The second-order valence-corrected chi connectivity index (χ2v) is 11.1. The number of hydrogen-bond donors (Lipinski definition) is 1. The zero-order valence-corrected chi connectivity index (χ0v) is 26.0. The van der Waals surface area contributed by atoms with Crippen molar-refractivity contribution >= 4 is 17.3 Å². The summed E-state index contributed by atoms with van der Waals surface area (Å²) in [7, 11) is 3.41. The Balaban J connectivity index is 1.11. The maximum absolute atomic E-state index is 13.0. The van der Waals surface area contributed by atoms with Crippen LogP contribution in [0.1, 0.15) is 30.4 Å². The van der Waals surface area contributed by atoms with Crippen LogP contribution in [-0.2, 0) is 27.3 Å². The molecule has 1 N–H and O–H groups in total. The first-order valence-electron chi connectivity index (χ1n) is 15.6. The Morgan fingerprint density at radius 3 is 2.59 bits per heavy atom. The lowest BCUT2D eigenvalue weighted by Crippen LogP contribution is -2.57. The lowest BCUT2D eigenvalue weighted by molar-refractivity contribution is -0.119. The molecule has 0 unspecified atom stereocenters. The molecule has 0 aromatic heterocycles. The molecule has 2 heterocycles. The number of amides is 1. The molecule has 3 aromatic carbocycles. The molecule has 0 bridgehead atoms. The van der Waals surface area contributed by atoms with E-state index in [9.17, 15) is 4.79 Å². The van der Waals surface area contributed by atoms with E-state index in [1.54, 1.807) is 14.2 Å². The van der Waals surface area contributed by atoms with Crippen LogP contribution < -0.4 is 29.3 Å². The highest BCUT2D eigenvalue weighted by Crippen LogP contribution is 2.32. The van der Waals surface area contributed by atoms with Crippen molar-refractivity contribution < 1.29 is 28.5 Å². The van der Waals surface area contributed by atoms with Gasteiger partial charge in [-0.15, -0.1) is 0 Å². The molecule has 2 aliphatic heterocycles. The average molecular weight is 604 g/mol. The number of aryl methyl sites for hydroxylation is 1. The zero-order valence-electron chi connectivity index (χ0n) is 26.0. The Kier molecular flexibility index (Phi) is 11.7. The Labute approximate surface area is 261 Å². The van der Waals surface area contributed by atoms with E-state index in [0.717, 1.165) is 73.9 Å². The number of benzene rings is 3. The summed E-state index contributed by atoms with van der Waals surface area (Å²) in [5.41, 5.74) is 4.48. The summed E-state index contributed by atoms with van der Waals surface area (Å²) in [5, 5.41) is 3.24. The molecule has 0 aliphatic carbocycles. The summed E-state index contributed by atoms with van der Waals surface area (Å²) < 4.78 is 28.7. The third kappa shape index (κ3) is 8.43. The molecular weight excluding hydrogens is 558 g/mol. The van der Waals surface area contributed by atoms with Crippen molar-refractivity contribution in [2.24, 2.45) is 0 Å². The van der Waals surface area contributed by atoms with Gasteiger partial charge < -0.3 is 38.8 Å². The standard InChI is InChI=1S/C35H45N3O6/c1-40-19-6-18-37-17-5-9-27-11-14-32(22-33(27)37)44-26-30-23-36-24-35(39)38(30)29-12-15-31(16-13-29)43-21-7-20-42-25-28-8-3-4-10-34(28)41-2/h3-4,8,10-16,22,30,36H,5-7,9,17-21,23-26H2,1-2H3/t30-/m1/s1. The molecule has 5 rings (SSSR count). The second-order valence-electron chi connectivity index (χ2n) is 11.1. The summed E-state index contributed by atoms with van der Waals surface area (Å²) in [6.07, 6.45) is 4.01. The van der Waals surface area contributed by atoms with Gasteiger partial charge in [0, 0.05) is 62.8 Å². The number of nitrogens with one attached hydrogen (secondary N) is 1. The predicted molar refractivity (Wildman–Crippen MR) is 172 cm³/mol. The molecule has 0 radical (unpaired) electrons. The number of para-hydroxylation sites is 1. The number of rotatable bonds is 16. The van der Waals surface area contributed by atoms with Crippen LogP contribution in [0.2, 0.25) is 0 Å². The monoisotopic (exact) mass is 603 g/mol. The number of nitrogens with zero attached hydrogens (tertiary/aromatic N) is 2. The fourth-order valence-electron chi connectivity index (χ4n) is 5.82. The number of hydrogen-bond acceptors (Lipinski definition) is 8. The molecule has 9 nitrogen and oxygen atoms in total. The van der Waals surface area contributed by atoms with Gasteiger partial charge in [-0.3, -0.25) is 4.79 Å². The van der Waals surface area contributed by atoms with Gasteiger partial charge in [0.25, 0.3) is 0 Å². The largest absolute Gasteiger partial charge is 0.496 e. The maximum atomic E-state index is 13.0. The highest BCUT2D eigenvalue weighted by molar-refractivity contribution is 5.96. The Morgan fingerprint density at radius 2 is 1.75 bits per heavy atom. The molecule has 0 spiro atoms. The molecule has 2 aliphatic rings. The van der Waals surface area contributed by atoms with E-state index < -0.39 is 0 Å². The molecule has 1 fully saturated rings. The molecule has 1 saturated heterocycles. The SMILES string of the molecule is COCCCN1CCCc2ccc(OC[C@H]3CNCC(=O)N3c3ccc(OCCCOCc4ccccc4OC)cc3)cc21. The quantitative estimate of drug-likeness (QED) is 0.233. The molecular formula is C35H45N3O6. The minimum atomic E-state index is -0.128. The maximum Gasteiger partial charge on any atom is 0.241 e. The first kappa shape index (κ1) is 31.6. The second kappa shape index (κ2) is 16.3. The number of carbonyl (C=O) groups is 1. The van der Waals surface area contributed by atoms with E-state index >= 15 is 0 Å². The first-order valence-corrected chi connectivity index (χ1v) is 15.6. The van der Waals surface area contributed by atoms with E-state index in [1.165, 1.54) is 11.3 Å². The van der Waals surface area contributed by atoms with E-state index in [2.05, 4.69) is 28.4 Å². The Morgan fingerprint density at radius 1 is 0.909 bits per heavy atom. The highest BCUT2D eigenvalue weighted by Gasteiger charge is 2.30. The minimum Gasteiger partial charge on any atom is -0.496 e. The summed E-state index contributed by atoms with van der Waals surface area (Å²) in [6, 6.07) is 21.8. The van der Waals surface area contributed by atoms with Gasteiger partial charge >= 0.3 is 0 Å². The number of carbonyl (C=O) groups excluding carboxylic acids is 1. The van der Waals surface area contributed by atoms with Crippen LogP contribution in [0.15, 0.2) is 66.7 Å². The van der Waals surface area contributed by atoms with Crippen molar-refractivity contribution in [2.45, 2.75) is 38.3 Å². The molecule has 1 amide bonds. The summed E-state index contributed by atoms with van der Waals surface area (Å²) >= 11 is 0. The topological polar surface area (TPSA) is 81.7 Å². The average Bonchev–Trinajstić information content (AvgIpc) is 3.06. The molecule has 9 heteroatoms. The van der Waals surface area contributed by atoms with Gasteiger partial charge in [0.05, 0.1) is 39.5 Å². The molecule has 44 heavy (non-hydrogen) atoms. The van der Waals surface area contributed by atoms with Gasteiger partial charge in [-0.25, -0.2) is 0 Å². The van der Waals surface area contributed by atoms with Crippen LogP contribution in [0.5, 0.6) is 17.2 Å². The summed E-state index contributed by atoms with van der Waals surface area (Å²) in [5.74, 6) is 2.45. The van der Waals surface area contributed by atoms with Gasteiger partial charge in [0.15, 0.2) is 0 Å². The predicted octanol–water partition coefficient (Wildman–Crippen LogP) is 4.85. The van der Waals surface area contributed by atoms with Crippen molar-refractivity contribution in [3.05, 3.63) is 77.9 Å². The zero-order chi connectivity index (χ0) is 30.6. The molecule has 3 aromatic rings. The van der Waals surface area contributed by atoms with Gasteiger partial charge in [-0.2, -0.15) is 0 Å². The lowest BCUT2D eigenvalue weighted by Gasteiger charge is -2.36. The van der Waals surface area contributed by atoms with Crippen molar-refractivity contribution in [1.29, 1.82) is 0 Å². The number of anilines is 2. The fourth-order valence-corrected chi connectivity index (χ4v) is 5.82. The first-order chi connectivity index (χ1) is 21.7. The Hall–Kier alpha value is -3.79. The van der Waals surface area contributed by atoms with Crippen LogP contribution in [0.4, 0.5) is 11.4 Å². The molecule has 0 saturated carbocycles. The van der Waals surface area contributed by atoms with Crippen molar-refractivity contribution in [3.8, 4) is 17.2 Å². The summed E-state index contributed by atoms with van der Waals surface area (Å²) in [6.45, 7) is 5.77. The van der Waals surface area contributed by atoms with E-state index in [-0.39, 0.29) is 11.9 Å². The fraction of sp³-hybridized carbons (Fsp3) is 0.457. The van der Waals surface area contributed by atoms with Gasteiger partial charge in [-0.1, -0.05) is 24.3 Å². The van der Waals surface area contributed by atoms with Gasteiger partial charge in [0.2, 0.25) is 5.91 Å². The van der Waals surface area contributed by atoms with Crippen LogP contribution in [0.25, 0.3) is 0 Å². The minimum absolute atomic E-state index is 0.0282. The van der Waals surface area contributed by atoms with Crippen LogP contribution in [-0.4, -0.2) is 78.8 Å². The van der Waals surface area contributed by atoms with Crippen LogP contribution >= 0.6 is 0 Å². The molecule has 1 atom stereocenters. The van der Waals surface area contributed by atoms with Crippen LogP contribution in [0.3, 0.4) is 0 Å². The number of ether oxygens (including phenoxy) is 5. The van der Waals surface area contributed by atoms with Crippen molar-refractivity contribution in [1.82, 2.24) is 5.32 Å². The smallest absolute Gasteiger partial charge is 0.241 e. The van der Waals surface area contributed by atoms with Gasteiger partial charge in [-0.05, 0) is 61.2 Å². The highest BCUT2D eigenvalue weighted by atomic mass is 16.5. The number of piperazine rings is 1. The third-order valence-corrected chi connectivity index (χ3v) is 8.05. The van der Waals surface area contributed by atoms with Crippen molar-refractivity contribution in [2.75, 3.05) is 76.6 Å². The number of methoxy groups -OCH3 is 2. The van der Waals surface area contributed by atoms with Crippen LogP contribution in [0, 0.1) is 0 Å². The normalized spacial score (nSPS) is 16.5.